The van der Waals surface area contributed by atoms with Crippen molar-refractivity contribution in [3.05, 3.63) is 16.7 Å². The third kappa shape index (κ3) is 8.23. The van der Waals surface area contributed by atoms with E-state index in [0.29, 0.717) is 0 Å². The fourth-order valence-corrected chi connectivity index (χ4v) is 3.97. The van der Waals surface area contributed by atoms with Crippen LogP contribution in [0.2, 0.25) is 0 Å². The quantitative estimate of drug-likeness (QED) is 0.123. The smallest absolute Gasteiger partial charge is 0.322 e. The normalized spacial score (nSPS) is 13.7. The first-order chi connectivity index (χ1) is 16.5. The number of rotatable bonds is 14. The van der Waals surface area contributed by atoms with Crippen LogP contribution in [0.4, 0.5) is 5.95 Å². The number of fused-ring (bicyclic) bond motifs is 1. The second-order valence-corrected chi connectivity index (χ2v) is 8.71. The van der Waals surface area contributed by atoms with Gasteiger partial charge in [-0.3, -0.25) is 29.0 Å². The van der Waals surface area contributed by atoms with E-state index in [2.05, 4.69) is 25.6 Å². The van der Waals surface area contributed by atoms with Crippen molar-refractivity contribution in [1.82, 2.24) is 30.2 Å². The maximum Gasteiger partial charge on any atom is 0.322 e. The number of H-pyrrole nitrogens is 1. The summed E-state index contributed by atoms with van der Waals surface area (Å²) in [6.45, 7) is -0.949. The number of aliphatic carboxylic acids is 2. The second-order valence-electron chi connectivity index (χ2n) is 7.37. The topological polar surface area (TPSA) is 269 Å². The maximum atomic E-state index is 12.4. The van der Waals surface area contributed by atoms with Crippen LogP contribution in [0.25, 0.3) is 11.2 Å². The average Bonchev–Trinajstić information content (AvgIpc) is 3.19. The minimum Gasteiger partial charge on any atom is -0.480 e. The summed E-state index contributed by atoms with van der Waals surface area (Å²) in [7, 11) is 0. The van der Waals surface area contributed by atoms with Gasteiger partial charge in [0.15, 0.2) is 11.2 Å². The molecule has 2 rings (SSSR count). The number of aliphatic hydroxyl groups excluding tert-OH is 1. The lowest BCUT2D eigenvalue weighted by atomic mass is 10.1. The molecule has 2 heterocycles. The Kier molecular flexibility index (Phi) is 9.98. The van der Waals surface area contributed by atoms with Crippen LogP contribution in [-0.4, -0.2) is 94.8 Å². The van der Waals surface area contributed by atoms with E-state index in [1.165, 1.54) is 10.9 Å². The van der Waals surface area contributed by atoms with Gasteiger partial charge in [0.2, 0.25) is 17.8 Å². The second kappa shape index (κ2) is 12.7. The highest BCUT2D eigenvalue weighted by molar-refractivity contribution is 8.00. The van der Waals surface area contributed by atoms with Crippen molar-refractivity contribution < 1.29 is 34.5 Å². The molecule has 0 saturated carbocycles. The molecule has 0 aliphatic carbocycles. The molecule has 0 aliphatic heterocycles. The highest BCUT2D eigenvalue weighted by Crippen LogP contribution is 2.17. The Morgan fingerprint density at radius 2 is 1.97 bits per heavy atom. The van der Waals surface area contributed by atoms with Gasteiger partial charge in [0.1, 0.15) is 18.6 Å². The molecular weight excluding hydrogens is 488 g/mol. The molecule has 0 aromatic carbocycles. The summed E-state index contributed by atoms with van der Waals surface area (Å²) in [6.07, 6.45) is 0.905. The number of aromatic amines is 1. The summed E-state index contributed by atoms with van der Waals surface area (Å²) in [5, 5.41) is 31.4. The van der Waals surface area contributed by atoms with Gasteiger partial charge in [0.05, 0.1) is 12.9 Å². The molecule has 35 heavy (non-hydrogen) atoms. The predicted molar refractivity (Wildman–Crippen MR) is 123 cm³/mol. The van der Waals surface area contributed by atoms with E-state index in [9.17, 15) is 29.1 Å². The number of aromatic nitrogens is 4. The Morgan fingerprint density at radius 1 is 1.26 bits per heavy atom. The number of carboxylic acid groups (broad SMARTS) is 2. The Labute approximate surface area is 201 Å². The minimum atomic E-state index is -1.29. The summed E-state index contributed by atoms with van der Waals surface area (Å²) >= 11 is 1.08. The molecule has 2 aromatic rings. The van der Waals surface area contributed by atoms with Crippen molar-refractivity contribution in [2.45, 2.75) is 36.7 Å². The third-order valence-corrected chi connectivity index (χ3v) is 5.96. The van der Waals surface area contributed by atoms with Crippen LogP contribution in [0.3, 0.4) is 0 Å². The largest absolute Gasteiger partial charge is 0.480 e. The number of carbonyl (C=O) groups excluding carboxylic acids is 2. The summed E-state index contributed by atoms with van der Waals surface area (Å²) in [5.74, 6) is -4.18. The van der Waals surface area contributed by atoms with E-state index >= 15 is 0 Å². The van der Waals surface area contributed by atoms with Crippen LogP contribution in [-0.2, 0) is 25.7 Å². The first-order valence-corrected chi connectivity index (χ1v) is 11.3. The van der Waals surface area contributed by atoms with E-state index in [1.54, 1.807) is 0 Å². The molecule has 10 N–H and O–H groups in total. The van der Waals surface area contributed by atoms with Crippen LogP contribution in [0.15, 0.2) is 11.1 Å². The van der Waals surface area contributed by atoms with Gasteiger partial charge in [0, 0.05) is 24.0 Å². The van der Waals surface area contributed by atoms with E-state index in [0.717, 1.165) is 11.8 Å². The highest BCUT2D eigenvalue weighted by atomic mass is 32.2. The zero-order valence-corrected chi connectivity index (χ0v) is 19.2. The van der Waals surface area contributed by atoms with Crippen molar-refractivity contribution in [3.63, 3.8) is 0 Å². The number of carbonyl (C=O) groups is 4. The number of hydrogen-bond donors (Lipinski definition) is 8. The molecule has 2 aromatic heterocycles. The lowest BCUT2D eigenvalue weighted by molar-refractivity contribution is -0.139. The van der Waals surface area contributed by atoms with Crippen molar-refractivity contribution in [2.24, 2.45) is 5.73 Å². The maximum absolute atomic E-state index is 12.4. The van der Waals surface area contributed by atoms with Gasteiger partial charge >= 0.3 is 11.9 Å². The molecule has 0 spiro atoms. The average molecular weight is 515 g/mol. The fourth-order valence-electron chi connectivity index (χ4n) is 2.90. The van der Waals surface area contributed by atoms with Gasteiger partial charge < -0.3 is 42.0 Å². The van der Waals surface area contributed by atoms with Crippen LogP contribution >= 0.6 is 11.8 Å². The summed E-state index contributed by atoms with van der Waals surface area (Å²) < 4.78 is 1.46. The van der Waals surface area contributed by atoms with Crippen LogP contribution in [0, 0.1) is 0 Å². The van der Waals surface area contributed by atoms with Gasteiger partial charge in [-0.15, -0.1) is 0 Å². The number of carboxylic acids is 2. The molecule has 0 aliphatic rings. The summed E-state index contributed by atoms with van der Waals surface area (Å²) in [6, 6.07) is -2.45. The lowest BCUT2D eigenvalue weighted by Gasteiger charge is -2.21. The van der Waals surface area contributed by atoms with Gasteiger partial charge in [-0.05, 0) is 6.42 Å². The standard InChI is InChI=1S/C18H26N8O8S/c19-9(17(33)34)1-2-11(28)23-10(15(31)21-3-12(29)30)6-35-8(5-27)4-26-7-22-14-13(26)16(32)25-18(20)24-14/h7-10,27H,1-6,19H2,(H,21,31)(H,23,28)(H,29,30)(H,33,34)(H3,20,24,25,32). The Bertz CT molecular complexity index is 1140. The van der Waals surface area contributed by atoms with Crippen molar-refractivity contribution in [3.8, 4) is 0 Å². The molecule has 0 radical (unpaired) electrons. The SMILES string of the molecule is Nc1nc2ncn(CC(CO)SCC(NC(=O)CCC(N)C(=O)O)C(=O)NCC(=O)O)c2c(=O)[nH]1. The highest BCUT2D eigenvalue weighted by Gasteiger charge is 2.24. The van der Waals surface area contributed by atoms with Gasteiger partial charge in [-0.25, -0.2) is 4.98 Å². The van der Waals surface area contributed by atoms with Gasteiger partial charge in [-0.1, -0.05) is 0 Å². The van der Waals surface area contributed by atoms with Crippen LogP contribution in [0.5, 0.6) is 0 Å². The van der Waals surface area contributed by atoms with Crippen molar-refractivity contribution >= 4 is 52.6 Å². The predicted octanol–water partition coefficient (Wildman–Crippen LogP) is -3.33. The molecule has 0 bridgehead atoms. The number of amides is 2. The fraction of sp³-hybridized carbons (Fsp3) is 0.500. The molecule has 3 unspecified atom stereocenters. The number of nitrogens with two attached hydrogens (primary N) is 2. The summed E-state index contributed by atoms with van der Waals surface area (Å²) in [5.41, 5.74) is 10.6. The molecule has 0 fully saturated rings. The summed E-state index contributed by atoms with van der Waals surface area (Å²) in [4.78, 5) is 68.7. The van der Waals surface area contributed by atoms with E-state index in [1.807, 2.05) is 0 Å². The Balaban J connectivity index is 2.07. The van der Waals surface area contributed by atoms with Crippen molar-refractivity contribution in [1.29, 1.82) is 0 Å². The molecule has 16 nitrogen and oxygen atoms in total. The van der Waals surface area contributed by atoms with Crippen LogP contribution in [0.1, 0.15) is 12.8 Å². The molecular formula is C18H26N8O8S. The van der Waals surface area contributed by atoms with Gasteiger partial charge in [-0.2, -0.15) is 16.7 Å². The zero-order valence-electron chi connectivity index (χ0n) is 18.3. The van der Waals surface area contributed by atoms with E-state index in [-0.39, 0.29) is 48.9 Å². The number of nitrogen functional groups attached to an aromatic ring is 1. The zero-order chi connectivity index (χ0) is 26.1. The van der Waals surface area contributed by atoms with Crippen molar-refractivity contribution in [2.75, 3.05) is 24.6 Å². The number of hydrogen-bond acceptors (Lipinski definition) is 11. The first-order valence-electron chi connectivity index (χ1n) is 10.2. The van der Waals surface area contributed by atoms with Crippen LogP contribution < -0.4 is 27.7 Å². The number of anilines is 1. The Morgan fingerprint density at radius 3 is 2.60 bits per heavy atom. The third-order valence-electron chi connectivity index (χ3n) is 4.67. The molecule has 192 valence electrons. The first kappa shape index (κ1) is 27.5. The Hall–Kier alpha value is -3.70. The number of nitrogens with zero attached hydrogens (tertiary/aromatic N) is 3. The van der Waals surface area contributed by atoms with E-state index in [4.69, 9.17) is 21.7 Å². The lowest BCUT2D eigenvalue weighted by Crippen LogP contribution is -2.50. The monoisotopic (exact) mass is 514 g/mol. The molecule has 0 saturated heterocycles. The van der Waals surface area contributed by atoms with E-state index < -0.39 is 53.2 Å². The number of imidazole rings is 1. The minimum absolute atomic E-state index is 0.0679. The number of aliphatic hydroxyl groups is 1. The van der Waals surface area contributed by atoms with Gasteiger partial charge in [0.25, 0.3) is 5.56 Å². The number of nitrogens with one attached hydrogen (secondary N) is 3. The molecule has 2 amide bonds. The molecule has 17 heteroatoms. The number of thioether (sulfide) groups is 1. The molecule has 3 atom stereocenters.